The second-order valence-corrected chi connectivity index (χ2v) is 34.2. The van der Waals surface area contributed by atoms with E-state index in [2.05, 4.69) is 217 Å². The molecule has 16 nitrogen and oxygen atoms in total. The van der Waals surface area contributed by atoms with Crippen molar-refractivity contribution in [1.82, 2.24) is 78.4 Å². The predicted octanol–water partition coefficient (Wildman–Crippen LogP) is 18.3. The van der Waals surface area contributed by atoms with Crippen LogP contribution in [0.25, 0.3) is 0 Å². The van der Waals surface area contributed by atoms with E-state index < -0.39 is 0 Å². The molecular formula is C84H168N16Pt2S8+4. The van der Waals surface area contributed by atoms with E-state index in [1.165, 1.54) is 154 Å². The summed E-state index contributed by atoms with van der Waals surface area (Å²) >= 11 is 43.9. The number of nitrogens with zero attached hydrogens (tertiary/aromatic N) is 16. The Labute approximate surface area is 752 Å². The molecule has 0 aromatic heterocycles. The maximum absolute atomic E-state index is 5.52. The fraction of sp³-hybridized carbons (Fsp3) is 0.905. The van der Waals surface area contributed by atoms with Gasteiger partial charge in [0.25, 0.3) is 0 Å². The molecule has 110 heavy (non-hydrogen) atoms. The van der Waals surface area contributed by atoms with Gasteiger partial charge in [0.2, 0.25) is 0 Å². The van der Waals surface area contributed by atoms with Crippen LogP contribution in [0.5, 0.6) is 0 Å². The van der Waals surface area contributed by atoms with Crippen molar-refractivity contribution in [3.63, 3.8) is 0 Å². The molecule has 0 unspecified atom stereocenters. The van der Waals surface area contributed by atoms with Gasteiger partial charge < -0.3 is 78.4 Å². The van der Waals surface area contributed by atoms with Crippen LogP contribution in [0.2, 0.25) is 0 Å². The van der Waals surface area contributed by atoms with Crippen LogP contribution in [0.4, 0.5) is 0 Å². The van der Waals surface area contributed by atoms with Crippen LogP contribution in [0.3, 0.4) is 0 Å². The Bertz CT molecular complexity index is 2030. The zero-order valence-electron chi connectivity index (χ0n) is 74.1. The van der Waals surface area contributed by atoms with Crippen molar-refractivity contribution in [2.75, 3.05) is 183 Å². The van der Waals surface area contributed by atoms with Crippen molar-refractivity contribution >= 4 is 139 Å². The quantitative estimate of drug-likeness (QED) is 0.0861. The van der Waals surface area contributed by atoms with Gasteiger partial charge in [-0.15, -0.1) is 0 Å². The summed E-state index contributed by atoms with van der Waals surface area (Å²) in [5, 5.41) is 8.56. The van der Waals surface area contributed by atoms with Crippen molar-refractivity contribution in [3.05, 3.63) is 0 Å². The average molecular weight is 2050 g/mol. The summed E-state index contributed by atoms with van der Waals surface area (Å²) in [5.41, 5.74) is 0. The Morgan fingerprint density at radius 2 is 0.291 bits per heavy atom. The van der Waals surface area contributed by atoms with E-state index in [1.807, 2.05) is 0 Å². The maximum Gasteiger partial charge on any atom is 2.00 e. The first kappa shape index (κ1) is 111. The molecule has 8 fully saturated rings. The third kappa shape index (κ3) is 43.0. The summed E-state index contributed by atoms with van der Waals surface area (Å²) in [6.07, 6.45) is 30.1. The molecule has 0 N–H and O–H groups in total. The molecule has 0 aliphatic carbocycles. The molecule has 0 radical (unpaired) electrons. The summed E-state index contributed by atoms with van der Waals surface area (Å²) in [5.74, 6) is 0. The number of hydrogen-bond donors (Lipinski definition) is 0. The topological polar surface area (TPSA) is 51.8 Å². The van der Waals surface area contributed by atoms with Crippen molar-refractivity contribution < 1.29 is 42.1 Å². The minimum absolute atomic E-state index is 0. The smallest absolute Gasteiger partial charge is 0.349 e. The molecule has 0 atom stereocenters. The normalized spacial score (nSPS) is 18.7. The van der Waals surface area contributed by atoms with Crippen LogP contribution >= 0.6 is 97.7 Å². The van der Waals surface area contributed by atoms with Crippen LogP contribution in [-0.2, 0) is 42.1 Å². The number of hydrogen-bond acceptors (Lipinski definition) is 8. The average Bonchev–Trinajstić information content (AvgIpc) is 1.59. The van der Waals surface area contributed by atoms with Gasteiger partial charge in [0.05, 0.1) is 0 Å². The van der Waals surface area contributed by atoms with Crippen molar-refractivity contribution in [2.45, 2.75) is 317 Å². The molecule has 0 saturated carbocycles. The van der Waals surface area contributed by atoms with Crippen molar-refractivity contribution in [1.29, 1.82) is 0 Å². The Morgan fingerprint density at radius 1 is 0.182 bits per heavy atom. The minimum atomic E-state index is 0. The standard InChI is InChI=1S/4C11H22N2S.4C10H20N2S.2Pt/c4*1-3-7-12-9-5-6-10-13(8-4-2)11(12)14;4*1-4-11-7-5-6-8-12(9(2)3)10(11)13;;/h4*3-10H2,1-2H3;4*9H,4-8H2,1-3H3;;/q;;;;;;;;2*+2. The molecule has 8 aliphatic rings. The molecular weight excluding hydrogens is 1880 g/mol. The van der Waals surface area contributed by atoms with E-state index in [1.54, 1.807) is 0 Å². The van der Waals surface area contributed by atoms with Crippen molar-refractivity contribution in [2.24, 2.45) is 0 Å². The Hall–Kier alpha value is -1.10. The van der Waals surface area contributed by atoms with Gasteiger partial charge in [-0.1, -0.05) is 55.4 Å². The van der Waals surface area contributed by atoms with Gasteiger partial charge in [0.1, 0.15) is 0 Å². The van der Waals surface area contributed by atoms with Gasteiger partial charge >= 0.3 is 42.1 Å². The fourth-order valence-electron chi connectivity index (χ4n) is 14.7. The molecule has 0 aromatic carbocycles. The van der Waals surface area contributed by atoms with E-state index in [0.717, 1.165) is 224 Å². The first-order valence-corrected chi connectivity index (χ1v) is 47.5. The molecule has 8 heterocycles. The van der Waals surface area contributed by atoms with Gasteiger partial charge in [-0.3, -0.25) is 0 Å². The molecule has 26 heteroatoms. The molecule has 0 amide bonds. The monoisotopic (exact) mass is 2050 g/mol. The molecule has 8 rings (SSSR count). The van der Waals surface area contributed by atoms with Gasteiger partial charge in [-0.2, -0.15) is 0 Å². The summed E-state index contributed by atoms with van der Waals surface area (Å²) in [6.45, 7) is 75.7. The molecule has 648 valence electrons. The Balaban J connectivity index is 0. The fourth-order valence-corrected chi connectivity index (χ4v) is 18.3. The van der Waals surface area contributed by atoms with Crippen LogP contribution < -0.4 is 0 Å². The second kappa shape index (κ2) is 67.8. The maximum atomic E-state index is 5.52. The van der Waals surface area contributed by atoms with Crippen LogP contribution in [-0.4, -0.2) is 327 Å². The Kier molecular flexibility index (Phi) is 68.3. The molecule has 0 aromatic rings. The van der Waals surface area contributed by atoms with Gasteiger partial charge in [0.15, 0.2) is 40.9 Å². The zero-order valence-corrected chi connectivity index (χ0v) is 85.2. The van der Waals surface area contributed by atoms with E-state index in [0.29, 0.717) is 24.2 Å². The number of rotatable bonds is 24. The minimum Gasteiger partial charge on any atom is -0.349 e. The van der Waals surface area contributed by atoms with E-state index in [-0.39, 0.29) is 42.1 Å². The van der Waals surface area contributed by atoms with E-state index in [4.69, 9.17) is 97.7 Å². The summed E-state index contributed by atoms with van der Waals surface area (Å²) in [6, 6.07) is 2.17. The van der Waals surface area contributed by atoms with Gasteiger partial charge in [-0.05, 0) is 335 Å². The molecule has 8 saturated heterocycles. The van der Waals surface area contributed by atoms with Crippen LogP contribution in [0.15, 0.2) is 0 Å². The SMILES string of the molecule is CCCN1CCCCN(CCC)C1=S.CCCN1CCCCN(CCC)C1=S.CCCN1CCCCN(CCC)C1=S.CCCN1CCCCN(CCC)C1=S.CCN1CCCCN(C(C)C)C1=S.CCN1CCCCN(C(C)C)C1=S.CCN1CCCCN(C(C)C)C1=S.CCN1CCCCN(C(C)C)C1=S.[Pt+2].[Pt+2]. The van der Waals surface area contributed by atoms with Gasteiger partial charge in [-0.25, -0.2) is 0 Å². The van der Waals surface area contributed by atoms with Gasteiger partial charge in [0, 0.05) is 207 Å². The molecule has 8 aliphatic heterocycles. The summed E-state index contributed by atoms with van der Waals surface area (Å²) in [4.78, 5) is 37.6. The first-order valence-electron chi connectivity index (χ1n) is 44.2. The predicted molar refractivity (Wildman–Crippen MR) is 506 cm³/mol. The van der Waals surface area contributed by atoms with E-state index >= 15 is 0 Å². The van der Waals surface area contributed by atoms with E-state index in [9.17, 15) is 0 Å². The summed E-state index contributed by atoms with van der Waals surface area (Å²) in [7, 11) is 0. The third-order valence-corrected chi connectivity index (χ3v) is 25.0. The zero-order chi connectivity index (χ0) is 80.9. The van der Waals surface area contributed by atoms with Crippen LogP contribution in [0.1, 0.15) is 293 Å². The van der Waals surface area contributed by atoms with Crippen molar-refractivity contribution in [3.8, 4) is 0 Å². The first-order chi connectivity index (χ1) is 51.8. The molecule has 0 bridgehead atoms. The number of thiocarbonyl (C=S) groups is 8. The Morgan fingerprint density at radius 3 is 0.391 bits per heavy atom. The summed E-state index contributed by atoms with van der Waals surface area (Å²) < 4.78 is 0. The van der Waals surface area contributed by atoms with Crippen LogP contribution in [0, 0.1) is 0 Å². The second-order valence-electron chi connectivity index (χ2n) is 31.3. The largest absolute Gasteiger partial charge is 2.00 e. The third-order valence-electron chi connectivity index (χ3n) is 20.9. The molecule has 0 spiro atoms.